The minimum Gasteiger partial charge on any atom is -0.457 e. The number of benzene rings is 7. The van der Waals surface area contributed by atoms with Crippen molar-refractivity contribution in [3.8, 4) is 51.0 Å². The molecule has 0 saturated carbocycles. The van der Waals surface area contributed by atoms with Gasteiger partial charge >= 0.3 is 0 Å². The zero-order valence-electron chi connectivity index (χ0n) is 40.9. The summed E-state index contributed by atoms with van der Waals surface area (Å²) in [4.78, 5) is 14.0. The molecule has 0 aliphatic heterocycles. The number of aromatic nitrogens is 4. The number of rotatable bonds is 5. The molecule has 56 radical (unpaired) electrons. The normalized spacial score (nSPS) is 11.7. The molecule has 7 aromatic carbocycles. The van der Waals surface area contributed by atoms with Gasteiger partial charge in [-0.3, -0.25) is 0 Å². The summed E-state index contributed by atoms with van der Waals surface area (Å²) >= 11 is 0. The van der Waals surface area contributed by atoms with Gasteiger partial charge in [-0.15, -0.1) is 60.1 Å². The molecule has 0 aliphatic carbocycles. The standard InChI is InChI=1S/C45B28N4O/c46-10-2(1-11(47)24(60)31(67)25(61)12(1)48)21(57)38-3(13(10)49)4-14(50)26(62)34(70)35(71)39(4)77(38)40-22(58)6-5-15(51)16(52)9(23(59)41(5)78-42(6)37(73)36(40)72)45-75-43(7-17(53)27(63)32(68)28(64)18(7)54)74-44(76-45)8-19(55)29(65)33(69)30(66)20(8)56. The third kappa shape index (κ3) is 7.52. The van der Waals surface area contributed by atoms with Crippen LogP contribution in [0.1, 0.15) is 0 Å². The van der Waals surface area contributed by atoms with Crippen molar-refractivity contribution in [2.75, 3.05) is 0 Å². The van der Waals surface area contributed by atoms with Crippen LogP contribution >= 0.6 is 0 Å². The Morgan fingerprint density at radius 2 is 0.462 bits per heavy atom. The third-order valence-corrected chi connectivity index (χ3v) is 14.4. The average molecular weight is 915 g/mol. The van der Waals surface area contributed by atoms with Gasteiger partial charge in [0, 0.05) is 44.2 Å². The summed E-state index contributed by atoms with van der Waals surface area (Å²) in [6, 6.07) is 0. The van der Waals surface area contributed by atoms with Crippen LogP contribution in [0.2, 0.25) is 0 Å². The molecule has 0 fully saturated rings. The predicted molar refractivity (Wildman–Crippen MR) is 354 cm³/mol. The van der Waals surface area contributed by atoms with Crippen LogP contribution in [0.5, 0.6) is 0 Å². The highest BCUT2D eigenvalue weighted by molar-refractivity contribution is 6.75. The van der Waals surface area contributed by atoms with E-state index >= 15 is 0 Å². The summed E-state index contributed by atoms with van der Waals surface area (Å²) in [5.74, 6) is -0.878. The van der Waals surface area contributed by atoms with Gasteiger partial charge in [-0.05, 0) is 27.4 Å². The maximum Gasteiger partial charge on any atom is 0.163 e. The fraction of sp³-hybridized carbons (Fsp3) is 0. The van der Waals surface area contributed by atoms with Gasteiger partial charge in [0.25, 0.3) is 0 Å². The molecule has 3 heterocycles. The Morgan fingerprint density at radius 3 is 0.885 bits per heavy atom. The second kappa shape index (κ2) is 19.3. The van der Waals surface area contributed by atoms with E-state index in [0.717, 1.165) is 0 Å². The summed E-state index contributed by atoms with van der Waals surface area (Å²) in [5.41, 5.74) is -5.34. The van der Waals surface area contributed by atoms with Crippen molar-refractivity contribution in [1.82, 2.24) is 19.5 Å². The molecule has 0 unspecified atom stereocenters. The van der Waals surface area contributed by atoms with Crippen molar-refractivity contribution < 1.29 is 4.42 Å². The fourth-order valence-electron chi connectivity index (χ4n) is 10.0. The van der Waals surface area contributed by atoms with E-state index in [9.17, 15) is 0 Å². The first-order valence-corrected chi connectivity index (χ1v) is 22.5. The van der Waals surface area contributed by atoms with E-state index in [0.29, 0.717) is 0 Å². The highest BCUT2D eigenvalue weighted by Crippen LogP contribution is 2.32. The van der Waals surface area contributed by atoms with Crippen LogP contribution < -0.4 is 153 Å². The molecule has 10 rings (SSSR count). The Labute approximate surface area is 488 Å². The molecule has 0 aliphatic rings. The molecule has 33 heteroatoms. The summed E-state index contributed by atoms with van der Waals surface area (Å²) in [6.07, 6.45) is 0. The lowest BCUT2D eigenvalue weighted by Gasteiger charge is -2.27. The first-order valence-electron chi connectivity index (χ1n) is 22.5. The molecule has 10 aromatic rings. The quantitative estimate of drug-likeness (QED) is 0.161. The number of nitrogens with zero attached hydrogens (tertiary/aromatic N) is 4. The number of fused-ring (bicyclic) bond motifs is 6. The van der Waals surface area contributed by atoms with E-state index in [1.54, 1.807) is 0 Å². The monoisotopic (exact) mass is 920 g/mol. The van der Waals surface area contributed by atoms with Crippen molar-refractivity contribution in [3.05, 3.63) is 0 Å². The molecular weight excluding hydrogens is 915 g/mol. The Hall–Kier alpha value is -5.03. The van der Waals surface area contributed by atoms with E-state index in [1.165, 1.54) is 4.57 Å². The number of furan rings is 1. The number of hydrogen-bond acceptors (Lipinski definition) is 4. The van der Waals surface area contributed by atoms with Crippen LogP contribution in [-0.2, 0) is 0 Å². The molecule has 0 saturated heterocycles. The first-order chi connectivity index (χ1) is 36.4. The second-order valence-corrected chi connectivity index (χ2v) is 18.4. The smallest absolute Gasteiger partial charge is 0.163 e. The fourth-order valence-corrected chi connectivity index (χ4v) is 10.0. The van der Waals surface area contributed by atoms with E-state index in [-0.39, 0.29) is 248 Å². The van der Waals surface area contributed by atoms with Gasteiger partial charge in [-0.25, -0.2) is 15.0 Å². The topological polar surface area (TPSA) is 56.7 Å². The highest BCUT2D eigenvalue weighted by atomic mass is 16.3. The van der Waals surface area contributed by atoms with Crippen LogP contribution in [0.3, 0.4) is 0 Å². The Kier molecular flexibility index (Phi) is 13.9. The van der Waals surface area contributed by atoms with Crippen molar-refractivity contribution in [2.45, 2.75) is 0 Å². The minimum absolute atomic E-state index is 0.000302. The molecule has 290 valence electrons. The van der Waals surface area contributed by atoms with Crippen LogP contribution in [0, 0.1) is 0 Å². The molecule has 3 aromatic heterocycles. The molecule has 0 bridgehead atoms. The van der Waals surface area contributed by atoms with Gasteiger partial charge in [0.1, 0.15) is 231 Å². The van der Waals surface area contributed by atoms with E-state index < -0.39 is 0 Å². The summed E-state index contributed by atoms with van der Waals surface area (Å²) < 4.78 is 7.89. The molecule has 78 heavy (non-hydrogen) atoms. The highest BCUT2D eigenvalue weighted by Gasteiger charge is 2.31. The van der Waals surface area contributed by atoms with Gasteiger partial charge in [0.05, 0.1) is 0 Å². The van der Waals surface area contributed by atoms with Crippen LogP contribution in [0.25, 0.3) is 94.7 Å². The SMILES string of the molecule is [B]c1c([B])c([B])c(-c2nc(-c3c([B])c([B])c([B])c([B])c3[B])nc(-c3c([B])c([B])c4c(oc5c([B])c([B])c(-n6c7c([B])c([B])c([B])c([B])c7c7c([B])c([B])c(-c8c([B])c([B])c([B])c([B])c8[B])c([B])c76)c([B])c54)c3[B])n2)c([B])c1[B]. The minimum atomic E-state index is -0.315. The van der Waals surface area contributed by atoms with E-state index in [2.05, 4.69) is 4.98 Å². The third-order valence-electron chi connectivity index (χ3n) is 14.4. The van der Waals surface area contributed by atoms with Crippen LogP contribution in [-0.4, -0.2) is 239 Å². The molecule has 0 amide bonds. The zero-order chi connectivity index (χ0) is 57.4. The summed E-state index contributed by atoms with van der Waals surface area (Å²) in [7, 11) is 186. The van der Waals surface area contributed by atoms with Gasteiger partial charge < -0.3 is 8.98 Å². The van der Waals surface area contributed by atoms with Crippen LogP contribution in [0.15, 0.2) is 4.42 Å². The predicted octanol–water partition coefficient (Wildman–Crippen LogP) is -22.2. The summed E-state index contributed by atoms with van der Waals surface area (Å²) in [5, 5.41) is 0.217. The molecule has 0 atom stereocenters. The van der Waals surface area contributed by atoms with Crippen molar-refractivity contribution in [1.29, 1.82) is 0 Å². The van der Waals surface area contributed by atoms with Gasteiger partial charge in [-0.1, -0.05) is 87.4 Å². The average Bonchev–Trinajstić information content (AvgIpc) is 3.72. The largest absolute Gasteiger partial charge is 0.457 e. The Balaban J connectivity index is 1.34. The van der Waals surface area contributed by atoms with Crippen molar-refractivity contribution in [2.24, 2.45) is 0 Å². The zero-order valence-corrected chi connectivity index (χ0v) is 40.9. The molecule has 0 spiro atoms. The summed E-state index contributed by atoms with van der Waals surface area (Å²) in [6.45, 7) is 0. The van der Waals surface area contributed by atoms with E-state index in [1.807, 2.05) is 0 Å². The van der Waals surface area contributed by atoms with E-state index in [4.69, 9.17) is 234 Å². The van der Waals surface area contributed by atoms with Crippen molar-refractivity contribution in [3.63, 3.8) is 0 Å². The van der Waals surface area contributed by atoms with Gasteiger partial charge in [-0.2, -0.15) is 0 Å². The lowest BCUT2D eigenvalue weighted by atomic mass is 9.57. The molecule has 0 N–H and O–H groups in total. The maximum atomic E-state index is 7.31. The van der Waals surface area contributed by atoms with Crippen molar-refractivity contribution >= 4 is 416 Å². The Morgan fingerprint density at radius 1 is 0.205 bits per heavy atom. The second-order valence-electron chi connectivity index (χ2n) is 18.4. The first kappa shape index (κ1) is 56.3. The molecule has 5 nitrogen and oxygen atoms in total. The Bertz CT molecular complexity index is 4320. The number of hydrogen-bond donors (Lipinski definition) is 0. The van der Waals surface area contributed by atoms with Gasteiger partial charge in [0.15, 0.2) is 17.5 Å². The van der Waals surface area contributed by atoms with Crippen LogP contribution in [0.4, 0.5) is 0 Å². The lowest BCUT2D eigenvalue weighted by molar-refractivity contribution is 0.674. The molecular formula is C45B28N4O. The van der Waals surface area contributed by atoms with Gasteiger partial charge in [0.2, 0.25) is 0 Å². The lowest BCUT2D eigenvalue weighted by Crippen LogP contribution is -2.56. The maximum absolute atomic E-state index is 7.31.